The van der Waals surface area contributed by atoms with Crippen molar-refractivity contribution in [3.8, 4) is 0 Å². The van der Waals surface area contributed by atoms with Gasteiger partial charge in [0.25, 0.3) is 0 Å². The van der Waals surface area contributed by atoms with Gasteiger partial charge in [0.1, 0.15) is 5.54 Å². The lowest BCUT2D eigenvalue weighted by Crippen LogP contribution is -2.42. The Morgan fingerprint density at radius 2 is 2.21 bits per heavy atom. The van der Waals surface area contributed by atoms with E-state index in [0.29, 0.717) is 6.42 Å². The Kier molecular flexibility index (Phi) is 2.16. The summed E-state index contributed by atoms with van der Waals surface area (Å²) in [6, 6.07) is 8.00. The molecule has 1 unspecified atom stereocenters. The van der Waals surface area contributed by atoms with E-state index in [-0.39, 0.29) is 5.78 Å². The Labute approximate surface area is 84.1 Å². The molecule has 1 aromatic carbocycles. The molecule has 0 radical (unpaired) electrons. The summed E-state index contributed by atoms with van der Waals surface area (Å²) in [4.78, 5) is 11.8. The van der Waals surface area contributed by atoms with Crippen molar-refractivity contribution in [1.29, 1.82) is 0 Å². The van der Waals surface area contributed by atoms with E-state index in [2.05, 4.69) is 6.07 Å². The fourth-order valence-corrected chi connectivity index (χ4v) is 2.25. The smallest absolute Gasteiger partial charge is 0.156 e. The van der Waals surface area contributed by atoms with Gasteiger partial charge in [-0.1, -0.05) is 31.2 Å². The number of hydrogen-bond acceptors (Lipinski definition) is 2. The molecule has 14 heavy (non-hydrogen) atoms. The molecule has 74 valence electrons. The van der Waals surface area contributed by atoms with E-state index in [1.807, 2.05) is 25.1 Å². The maximum Gasteiger partial charge on any atom is 0.156 e. The Morgan fingerprint density at radius 3 is 2.93 bits per heavy atom. The van der Waals surface area contributed by atoms with Gasteiger partial charge in [0.15, 0.2) is 5.78 Å². The monoisotopic (exact) mass is 189 g/mol. The van der Waals surface area contributed by atoms with Crippen LogP contribution >= 0.6 is 0 Å². The molecule has 2 nitrogen and oxygen atoms in total. The number of ketones is 1. The number of carbonyl (C=O) groups is 1. The van der Waals surface area contributed by atoms with Gasteiger partial charge in [-0.05, 0) is 24.0 Å². The second kappa shape index (κ2) is 3.21. The second-order valence-electron chi connectivity index (χ2n) is 3.91. The van der Waals surface area contributed by atoms with Crippen molar-refractivity contribution in [2.24, 2.45) is 5.73 Å². The topological polar surface area (TPSA) is 43.1 Å². The molecule has 1 aliphatic carbocycles. The molecule has 0 saturated carbocycles. The highest BCUT2D eigenvalue weighted by atomic mass is 16.1. The zero-order valence-electron chi connectivity index (χ0n) is 8.42. The van der Waals surface area contributed by atoms with E-state index in [0.717, 1.165) is 18.4 Å². The zero-order valence-corrected chi connectivity index (χ0v) is 8.42. The van der Waals surface area contributed by atoms with Crippen LogP contribution in [0.2, 0.25) is 0 Å². The number of benzene rings is 1. The summed E-state index contributed by atoms with van der Waals surface area (Å²) < 4.78 is 0. The summed E-state index contributed by atoms with van der Waals surface area (Å²) in [6.07, 6.45) is 2.21. The molecule has 0 heterocycles. The minimum atomic E-state index is -0.703. The van der Waals surface area contributed by atoms with Crippen LogP contribution in [-0.2, 0) is 16.8 Å². The number of Topliss-reactive ketones (excluding diaryl/α,β-unsaturated/α-hetero) is 1. The molecule has 2 heteroatoms. The molecule has 0 saturated heterocycles. The number of aryl methyl sites for hydroxylation is 1. The molecule has 0 aromatic heterocycles. The molecule has 0 amide bonds. The molecular weight excluding hydrogens is 174 g/mol. The number of hydrogen-bond donors (Lipinski definition) is 1. The molecule has 2 rings (SSSR count). The van der Waals surface area contributed by atoms with Crippen LogP contribution in [0.5, 0.6) is 0 Å². The zero-order chi connectivity index (χ0) is 10.2. The summed E-state index contributed by atoms with van der Waals surface area (Å²) in [7, 11) is 0. The SMILES string of the molecule is CCC(=O)C1(N)CCc2ccccc21. The highest BCUT2D eigenvalue weighted by molar-refractivity contribution is 5.90. The van der Waals surface area contributed by atoms with Crippen LogP contribution in [0.1, 0.15) is 30.9 Å². The minimum Gasteiger partial charge on any atom is -0.315 e. The van der Waals surface area contributed by atoms with Crippen LogP contribution in [-0.4, -0.2) is 5.78 Å². The molecule has 1 aliphatic rings. The van der Waals surface area contributed by atoms with E-state index in [4.69, 9.17) is 5.73 Å². The van der Waals surface area contributed by atoms with E-state index >= 15 is 0 Å². The maximum atomic E-state index is 11.8. The van der Waals surface area contributed by atoms with Crippen LogP contribution in [0.15, 0.2) is 24.3 Å². The minimum absolute atomic E-state index is 0.155. The van der Waals surface area contributed by atoms with Crippen LogP contribution in [0.4, 0.5) is 0 Å². The third-order valence-electron chi connectivity index (χ3n) is 3.11. The van der Waals surface area contributed by atoms with Gasteiger partial charge in [0, 0.05) is 6.42 Å². The summed E-state index contributed by atoms with van der Waals surface area (Å²) in [6.45, 7) is 1.87. The lowest BCUT2D eigenvalue weighted by atomic mass is 9.87. The molecule has 0 bridgehead atoms. The molecule has 2 N–H and O–H groups in total. The average Bonchev–Trinajstić information content (AvgIpc) is 2.58. The lowest BCUT2D eigenvalue weighted by Gasteiger charge is -2.22. The third-order valence-corrected chi connectivity index (χ3v) is 3.11. The maximum absolute atomic E-state index is 11.8. The van der Waals surface area contributed by atoms with Gasteiger partial charge in [0.05, 0.1) is 0 Å². The second-order valence-corrected chi connectivity index (χ2v) is 3.91. The quantitative estimate of drug-likeness (QED) is 0.770. The standard InChI is InChI=1S/C12H15NO/c1-2-11(14)12(13)8-7-9-5-3-4-6-10(9)12/h3-6H,2,7-8,13H2,1H3. The summed E-state index contributed by atoms with van der Waals surface area (Å²) in [5, 5.41) is 0. The first-order chi connectivity index (χ1) is 6.68. The van der Waals surface area contributed by atoms with Crippen LogP contribution in [0, 0.1) is 0 Å². The van der Waals surface area contributed by atoms with E-state index in [1.54, 1.807) is 0 Å². The largest absolute Gasteiger partial charge is 0.315 e. The van der Waals surface area contributed by atoms with E-state index in [1.165, 1.54) is 5.56 Å². The van der Waals surface area contributed by atoms with Gasteiger partial charge in [-0.3, -0.25) is 4.79 Å². The lowest BCUT2D eigenvalue weighted by molar-refractivity contribution is -0.124. The van der Waals surface area contributed by atoms with Gasteiger partial charge in [-0.15, -0.1) is 0 Å². The van der Waals surface area contributed by atoms with Crippen molar-refractivity contribution >= 4 is 5.78 Å². The predicted octanol–water partition coefficient (Wildman–Crippen LogP) is 1.77. The van der Waals surface area contributed by atoms with Crippen LogP contribution in [0.25, 0.3) is 0 Å². The molecular formula is C12H15NO. The van der Waals surface area contributed by atoms with Crippen molar-refractivity contribution in [1.82, 2.24) is 0 Å². The van der Waals surface area contributed by atoms with Gasteiger partial charge < -0.3 is 5.73 Å². The summed E-state index contributed by atoms with van der Waals surface area (Å²) >= 11 is 0. The van der Waals surface area contributed by atoms with Crippen molar-refractivity contribution in [2.45, 2.75) is 31.7 Å². The Hall–Kier alpha value is -1.15. The first-order valence-electron chi connectivity index (χ1n) is 5.09. The summed E-state index contributed by atoms with van der Waals surface area (Å²) in [5.74, 6) is 0.155. The van der Waals surface area contributed by atoms with E-state index in [9.17, 15) is 4.79 Å². The fraction of sp³-hybridized carbons (Fsp3) is 0.417. The first kappa shape index (κ1) is 9.41. The number of nitrogens with two attached hydrogens (primary N) is 1. The molecule has 1 atom stereocenters. The fourth-order valence-electron chi connectivity index (χ4n) is 2.25. The summed E-state index contributed by atoms with van der Waals surface area (Å²) in [5.41, 5.74) is 7.74. The highest BCUT2D eigenvalue weighted by Crippen LogP contribution is 2.35. The third kappa shape index (κ3) is 1.18. The van der Waals surface area contributed by atoms with Crippen molar-refractivity contribution in [2.75, 3.05) is 0 Å². The Morgan fingerprint density at radius 1 is 1.50 bits per heavy atom. The Balaban J connectivity index is 2.47. The molecule has 0 spiro atoms. The molecule has 1 aromatic rings. The van der Waals surface area contributed by atoms with Crippen LogP contribution in [0.3, 0.4) is 0 Å². The van der Waals surface area contributed by atoms with Crippen molar-refractivity contribution in [3.05, 3.63) is 35.4 Å². The van der Waals surface area contributed by atoms with Gasteiger partial charge in [-0.2, -0.15) is 0 Å². The predicted molar refractivity (Wildman–Crippen MR) is 55.9 cm³/mol. The molecule has 0 aliphatic heterocycles. The van der Waals surface area contributed by atoms with Gasteiger partial charge >= 0.3 is 0 Å². The Bertz CT molecular complexity index is 372. The van der Waals surface area contributed by atoms with E-state index < -0.39 is 5.54 Å². The normalized spacial score (nSPS) is 24.7. The number of rotatable bonds is 2. The number of fused-ring (bicyclic) bond motifs is 1. The van der Waals surface area contributed by atoms with Crippen LogP contribution < -0.4 is 5.73 Å². The first-order valence-corrected chi connectivity index (χ1v) is 5.09. The van der Waals surface area contributed by atoms with Crippen molar-refractivity contribution < 1.29 is 4.79 Å². The van der Waals surface area contributed by atoms with Gasteiger partial charge in [-0.25, -0.2) is 0 Å². The number of carbonyl (C=O) groups excluding carboxylic acids is 1. The van der Waals surface area contributed by atoms with Crippen molar-refractivity contribution in [3.63, 3.8) is 0 Å². The molecule has 0 fully saturated rings. The average molecular weight is 189 g/mol. The van der Waals surface area contributed by atoms with Gasteiger partial charge in [0.2, 0.25) is 0 Å². The highest BCUT2D eigenvalue weighted by Gasteiger charge is 2.39.